The summed E-state index contributed by atoms with van der Waals surface area (Å²) in [6.45, 7) is 0. The van der Waals surface area contributed by atoms with Gasteiger partial charge in [-0.25, -0.2) is 0 Å². The molecule has 2 N–H and O–H groups in total. The normalized spacial score (nSPS) is 12.7. The Kier molecular flexibility index (Phi) is 6.65. The van der Waals surface area contributed by atoms with E-state index in [1.807, 2.05) is 6.26 Å². The second-order valence-electron chi connectivity index (χ2n) is 1.80. The first-order valence-corrected chi connectivity index (χ1v) is 5.25. The first-order chi connectivity index (χ1) is 4.72. The fraction of sp³-hybridized carbons (Fsp3) is 0.800. The number of nitrogens with two attached hydrogens (primary N) is 1. The van der Waals surface area contributed by atoms with Crippen molar-refractivity contribution in [2.45, 2.75) is 12.5 Å². The maximum absolute atomic E-state index is 10.7. The van der Waals surface area contributed by atoms with Crippen LogP contribution in [-0.2, 0) is 7.90 Å². The van der Waals surface area contributed by atoms with Crippen LogP contribution in [0.4, 0.5) is 0 Å². The van der Waals surface area contributed by atoms with Crippen LogP contribution < -0.4 is 5.73 Å². The monoisotopic (exact) mass is 279 g/mol. The topological polar surface area (TPSA) is 52.3 Å². The van der Waals surface area contributed by atoms with Crippen LogP contribution in [0.3, 0.4) is 0 Å². The molecule has 0 rings (SSSR count). The Morgan fingerprint density at radius 1 is 1.90 bits per heavy atom. The van der Waals surface area contributed by atoms with Gasteiger partial charge in [-0.05, 0) is 0 Å². The molecule has 0 aliphatic rings. The predicted octanol–water partition coefficient (Wildman–Crippen LogP) is -0.574. The third kappa shape index (κ3) is 4.40. The van der Waals surface area contributed by atoms with Gasteiger partial charge in [0.1, 0.15) is 0 Å². The first-order valence-electron chi connectivity index (χ1n) is 2.82. The van der Waals surface area contributed by atoms with E-state index in [0.29, 0.717) is 6.42 Å². The summed E-state index contributed by atoms with van der Waals surface area (Å²) in [5.74, 6) is 0.602. The number of rotatable bonds is 4. The number of hydrogen-bond acceptors (Lipinski definition) is 4. The number of carbonyl (C=O) groups excluding carboxylic acids is 1. The third-order valence-electron chi connectivity index (χ3n) is 1.03. The molecule has 0 aromatic rings. The van der Waals surface area contributed by atoms with Gasteiger partial charge in [0.15, 0.2) is 0 Å². The van der Waals surface area contributed by atoms with Crippen molar-refractivity contribution in [2.75, 3.05) is 12.0 Å². The van der Waals surface area contributed by atoms with Gasteiger partial charge in [0.05, 0.1) is 0 Å². The van der Waals surface area contributed by atoms with Crippen LogP contribution in [0, 0.1) is 0 Å². The zero-order valence-electron chi connectivity index (χ0n) is 5.74. The van der Waals surface area contributed by atoms with Crippen molar-refractivity contribution >= 4 is 40.4 Å². The Bertz CT molecular complexity index is 112. The summed E-state index contributed by atoms with van der Waals surface area (Å²) in [6.07, 6.45) is 2.68. The van der Waals surface area contributed by atoms with E-state index in [1.165, 1.54) is 0 Å². The molecule has 0 spiro atoms. The van der Waals surface area contributed by atoms with Crippen LogP contribution in [0.15, 0.2) is 0 Å². The third-order valence-corrected chi connectivity index (χ3v) is 2.18. The molecule has 0 aromatic carbocycles. The summed E-state index contributed by atoms with van der Waals surface area (Å²) in [4.78, 5) is 10.7. The van der Waals surface area contributed by atoms with Gasteiger partial charge in [-0.2, -0.15) is 0 Å². The van der Waals surface area contributed by atoms with Crippen molar-refractivity contribution in [3.05, 3.63) is 0 Å². The van der Waals surface area contributed by atoms with Crippen molar-refractivity contribution in [3.8, 4) is 0 Å². The molecule has 0 unspecified atom stereocenters. The van der Waals surface area contributed by atoms with Gasteiger partial charge in [-0.15, -0.1) is 0 Å². The Hall–Kier alpha value is 0.570. The van der Waals surface area contributed by atoms with E-state index in [4.69, 9.17) is 5.73 Å². The van der Waals surface area contributed by atoms with E-state index in [2.05, 4.69) is 3.10 Å². The van der Waals surface area contributed by atoms with E-state index in [1.54, 1.807) is 11.8 Å². The van der Waals surface area contributed by atoms with Gasteiger partial charge in [-0.1, -0.05) is 0 Å². The molecule has 0 radical (unpaired) electrons. The molecule has 60 valence electrons. The van der Waals surface area contributed by atoms with Crippen molar-refractivity contribution in [1.29, 1.82) is 0 Å². The van der Waals surface area contributed by atoms with Crippen molar-refractivity contribution in [2.24, 2.45) is 5.73 Å². The summed E-state index contributed by atoms with van der Waals surface area (Å²) in [6, 6.07) is -0.434. The molecule has 5 heteroatoms. The molecule has 0 amide bonds. The maximum atomic E-state index is 10.7. The standard InChI is InChI=1S/C5H11NO2STe/c1-9-3-2-4(6)5(7)8-10/h4,10H,2-3,6H2,1H3/t4-/m0/s1. The van der Waals surface area contributed by atoms with Crippen LogP contribution in [-0.4, -0.2) is 46.7 Å². The molecule has 0 aliphatic heterocycles. The molecular formula is C5H11NO2STe. The fourth-order valence-corrected chi connectivity index (χ4v) is 1.31. The van der Waals surface area contributed by atoms with Gasteiger partial charge in [0.25, 0.3) is 0 Å². The van der Waals surface area contributed by atoms with Gasteiger partial charge < -0.3 is 0 Å². The van der Waals surface area contributed by atoms with E-state index < -0.39 is 6.04 Å². The molecule has 3 nitrogen and oxygen atoms in total. The number of carbonyl (C=O) groups is 1. The summed E-state index contributed by atoms with van der Waals surface area (Å²) < 4.78 is 4.49. The second kappa shape index (κ2) is 6.29. The second-order valence-corrected chi connectivity index (χ2v) is 3.30. The average molecular weight is 277 g/mol. The molecule has 0 aromatic heterocycles. The summed E-state index contributed by atoms with van der Waals surface area (Å²) in [7, 11) is 0. The molecule has 0 saturated carbocycles. The zero-order chi connectivity index (χ0) is 7.98. The minimum absolute atomic E-state index is 0.303. The predicted molar refractivity (Wildman–Crippen MR) is 44.2 cm³/mol. The summed E-state index contributed by atoms with van der Waals surface area (Å²) in [5, 5.41) is 0. The quantitative estimate of drug-likeness (QED) is 0.699. The van der Waals surface area contributed by atoms with Crippen molar-refractivity contribution in [1.82, 2.24) is 0 Å². The number of thioether (sulfide) groups is 1. The van der Waals surface area contributed by atoms with E-state index in [0.717, 1.165) is 28.5 Å². The Labute approximate surface area is 78.5 Å². The number of hydrogen-bond donors (Lipinski definition) is 1. The van der Waals surface area contributed by atoms with E-state index >= 15 is 0 Å². The van der Waals surface area contributed by atoms with Crippen molar-refractivity contribution in [3.63, 3.8) is 0 Å². The van der Waals surface area contributed by atoms with Gasteiger partial charge in [0, 0.05) is 0 Å². The molecule has 10 heavy (non-hydrogen) atoms. The first kappa shape index (κ1) is 10.6. The average Bonchev–Trinajstić information content (AvgIpc) is 1.98. The molecule has 0 fully saturated rings. The molecule has 0 bridgehead atoms. The van der Waals surface area contributed by atoms with Crippen LogP contribution in [0.1, 0.15) is 6.42 Å². The molecular weight excluding hydrogens is 266 g/mol. The Morgan fingerprint density at radius 3 is 2.90 bits per heavy atom. The Balaban J connectivity index is 3.41. The molecule has 0 aliphatic carbocycles. The van der Waals surface area contributed by atoms with E-state index in [9.17, 15) is 4.79 Å². The zero-order valence-corrected chi connectivity index (χ0v) is 9.11. The fourth-order valence-electron chi connectivity index (χ4n) is 0.430. The minimum atomic E-state index is -0.434. The van der Waals surface area contributed by atoms with Gasteiger partial charge in [0.2, 0.25) is 0 Å². The van der Waals surface area contributed by atoms with Gasteiger partial charge in [-0.3, -0.25) is 0 Å². The van der Waals surface area contributed by atoms with Crippen LogP contribution in [0.5, 0.6) is 0 Å². The van der Waals surface area contributed by atoms with Crippen LogP contribution >= 0.6 is 11.8 Å². The van der Waals surface area contributed by atoms with Crippen molar-refractivity contribution < 1.29 is 7.90 Å². The molecule has 1 atom stereocenters. The summed E-state index contributed by atoms with van der Waals surface area (Å²) >= 11 is 2.70. The SMILES string of the molecule is CSCC[C@H](N)C(=O)O[TeH]. The van der Waals surface area contributed by atoms with E-state index in [-0.39, 0.29) is 5.97 Å². The molecule has 0 heterocycles. The van der Waals surface area contributed by atoms with Gasteiger partial charge >= 0.3 is 78.5 Å². The van der Waals surface area contributed by atoms with Crippen LogP contribution in [0.25, 0.3) is 0 Å². The molecule has 0 saturated heterocycles. The van der Waals surface area contributed by atoms with Crippen LogP contribution in [0.2, 0.25) is 0 Å². The summed E-state index contributed by atoms with van der Waals surface area (Å²) in [5.41, 5.74) is 5.43. The Morgan fingerprint density at radius 2 is 2.50 bits per heavy atom.